The third-order valence-corrected chi connectivity index (χ3v) is 3.37. The molecule has 0 radical (unpaired) electrons. The second-order valence-electron chi connectivity index (χ2n) is 5.53. The molecule has 0 bridgehead atoms. The number of hydrogen-bond donors (Lipinski definition) is 3. The van der Waals surface area contributed by atoms with Gasteiger partial charge in [0.15, 0.2) is 0 Å². The zero-order valence-corrected chi connectivity index (χ0v) is 14.0. The Hall–Kier alpha value is -3.03. The Kier molecular flexibility index (Phi) is 6.21. The van der Waals surface area contributed by atoms with E-state index in [1.807, 2.05) is 0 Å². The largest absolute Gasteiger partial charge is 0.418 e. The van der Waals surface area contributed by atoms with Gasteiger partial charge >= 0.3 is 6.18 Å². The summed E-state index contributed by atoms with van der Waals surface area (Å²) < 4.78 is 38.7. The number of carbonyl (C=O) groups excluding carboxylic acids is 2. The Morgan fingerprint density at radius 2 is 1.62 bits per heavy atom. The minimum Gasteiger partial charge on any atom is -0.384 e. The first-order valence-electron chi connectivity index (χ1n) is 7.83. The maximum absolute atomic E-state index is 12.9. The van der Waals surface area contributed by atoms with E-state index >= 15 is 0 Å². The fourth-order valence-corrected chi connectivity index (χ4v) is 2.30. The van der Waals surface area contributed by atoms with Gasteiger partial charge in [0, 0.05) is 37.0 Å². The quantitative estimate of drug-likeness (QED) is 0.722. The van der Waals surface area contributed by atoms with E-state index in [-0.39, 0.29) is 30.5 Å². The van der Waals surface area contributed by atoms with Gasteiger partial charge in [0.2, 0.25) is 11.8 Å². The van der Waals surface area contributed by atoms with E-state index in [1.165, 1.54) is 25.1 Å². The second kappa shape index (κ2) is 8.37. The fourth-order valence-electron chi connectivity index (χ4n) is 2.30. The molecule has 0 spiro atoms. The first-order chi connectivity index (χ1) is 12.3. The molecule has 26 heavy (non-hydrogen) atoms. The predicted octanol–water partition coefficient (Wildman–Crippen LogP) is 4.10. The van der Waals surface area contributed by atoms with Crippen LogP contribution in [0.1, 0.15) is 18.9 Å². The van der Waals surface area contributed by atoms with E-state index < -0.39 is 11.7 Å². The topological polar surface area (TPSA) is 70.2 Å². The number of amides is 2. The number of benzene rings is 2. The van der Waals surface area contributed by atoms with Gasteiger partial charge in [-0.25, -0.2) is 0 Å². The molecule has 0 fully saturated rings. The minimum atomic E-state index is -4.46. The van der Waals surface area contributed by atoms with Gasteiger partial charge in [0.05, 0.1) is 5.56 Å². The molecule has 0 unspecified atom stereocenters. The summed E-state index contributed by atoms with van der Waals surface area (Å²) in [7, 11) is 0. The molecule has 0 saturated heterocycles. The summed E-state index contributed by atoms with van der Waals surface area (Å²) in [6.07, 6.45) is -4.48. The number of halogens is 3. The Morgan fingerprint density at radius 3 is 2.27 bits per heavy atom. The average Bonchev–Trinajstić information content (AvgIpc) is 2.54. The van der Waals surface area contributed by atoms with Crippen LogP contribution in [0.2, 0.25) is 0 Å². The maximum atomic E-state index is 12.9. The van der Waals surface area contributed by atoms with E-state index in [1.54, 1.807) is 24.3 Å². The first kappa shape index (κ1) is 19.3. The predicted molar refractivity (Wildman–Crippen MR) is 93.9 cm³/mol. The second-order valence-corrected chi connectivity index (χ2v) is 5.53. The molecular formula is C18H18F3N3O2. The number of carbonyl (C=O) groups is 2. The van der Waals surface area contributed by atoms with Crippen LogP contribution in [-0.4, -0.2) is 18.4 Å². The van der Waals surface area contributed by atoms with E-state index in [0.29, 0.717) is 11.4 Å². The highest BCUT2D eigenvalue weighted by molar-refractivity contribution is 5.93. The summed E-state index contributed by atoms with van der Waals surface area (Å²) in [6.45, 7) is 1.42. The Morgan fingerprint density at radius 1 is 0.962 bits per heavy atom. The number of nitrogens with one attached hydrogen (secondary N) is 3. The summed E-state index contributed by atoms with van der Waals surface area (Å²) in [6, 6.07) is 11.7. The highest BCUT2D eigenvalue weighted by atomic mass is 19.4. The molecule has 5 nitrogen and oxygen atoms in total. The van der Waals surface area contributed by atoms with Crippen molar-refractivity contribution in [1.82, 2.24) is 0 Å². The standard InChI is InChI=1S/C18H18F3N3O2/c1-12(25)23-13-5-4-6-14(11-13)24-17(26)9-10-22-16-8-3-2-7-15(16)18(19,20)21/h2-8,11,22H,9-10H2,1H3,(H,23,25)(H,24,26). The molecular weight excluding hydrogens is 347 g/mol. The molecule has 3 N–H and O–H groups in total. The van der Waals surface area contributed by atoms with Crippen molar-refractivity contribution in [2.75, 3.05) is 22.5 Å². The molecule has 2 aromatic rings. The molecule has 0 aliphatic carbocycles. The summed E-state index contributed by atoms with van der Waals surface area (Å²) in [5.74, 6) is -0.594. The van der Waals surface area contributed by atoms with Crippen molar-refractivity contribution in [3.63, 3.8) is 0 Å². The van der Waals surface area contributed by atoms with Crippen LogP contribution < -0.4 is 16.0 Å². The van der Waals surface area contributed by atoms with Crippen LogP contribution >= 0.6 is 0 Å². The third kappa shape index (κ3) is 5.80. The summed E-state index contributed by atoms with van der Waals surface area (Å²) in [5.41, 5.74) is 0.174. The third-order valence-electron chi connectivity index (χ3n) is 3.37. The van der Waals surface area contributed by atoms with Crippen molar-refractivity contribution < 1.29 is 22.8 Å². The van der Waals surface area contributed by atoms with Crippen molar-refractivity contribution in [1.29, 1.82) is 0 Å². The van der Waals surface area contributed by atoms with Gasteiger partial charge in [-0.3, -0.25) is 9.59 Å². The molecule has 0 aromatic heterocycles. The van der Waals surface area contributed by atoms with Crippen LogP contribution in [0.5, 0.6) is 0 Å². The van der Waals surface area contributed by atoms with E-state index in [2.05, 4.69) is 16.0 Å². The lowest BCUT2D eigenvalue weighted by molar-refractivity contribution is -0.137. The molecule has 0 heterocycles. The molecule has 0 aliphatic rings. The lowest BCUT2D eigenvalue weighted by atomic mass is 10.1. The monoisotopic (exact) mass is 365 g/mol. The summed E-state index contributed by atoms with van der Waals surface area (Å²) in [5, 5.41) is 7.86. The van der Waals surface area contributed by atoms with Crippen LogP contribution in [0, 0.1) is 0 Å². The fraction of sp³-hybridized carbons (Fsp3) is 0.222. The molecule has 2 amide bonds. The van der Waals surface area contributed by atoms with E-state index in [0.717, 1.165) is 6.07 Å². The smallest absolute Gasteiger partial charge is 0.384 e. The first-order valence-corrected chi connectivity index (χ1v) is 7.83. The van der Waals surface area contributed by atoms with Crippen LogP contribution in [0.15, 0.2) is 48.5 Å². The van der Waals surface area contributed by atoms with E-state index in [4.69, 9.17) is 0 Å². The van der Waals surface area contributed by atoms with Gasteiger partial charge in [-0.15, -0.1) is 0 Å². The summed E-state index contributed by atoms with van der Waals surface area (Å²) >= 11 is 0. The van der Waals surface area contributed by atoms with Gasteiger partial charge in [-0.1, -0.05) is 18.2 Å². The number of alkyl halides is 3. The number of hydrogen-bond acceptors (Lipinski definition) is 3. The van der Waals surface area contributed by atoms with Crippen molar-refractivity contribution in [3.8, 4) is 0 Å². The van der Waals surface area contributed by atoms with E-state index in [9.17, 15) is 22.8 Å². The SMILES string of the molecule is CC(=O)Nc1cccc(NC(=O)CCNc2ccccc2C(F)(F)F)c1. The number of anilines is 3. The summed E-state index contributed by atoms with van der Waals surface area (Å²) in [4.78, 5) is 23.0. The Bertz CT molecular complexity index is 791. The van der Waals surface area contributed by atoms with Crippen molar-refractivity contribution in [3.05, 3.63) is 54.1 Å². The van der Waals surface area contributed by atoms with Crippen LogP contribution in [0.3, 0.4) is 0 Å². The number of para-hydroxylation sites is 1. The van der Waals surface area contributed by atoms with Crippen LogP contribution in [0.25, 0.3) is 0 Å². The molecule has 0 saturated carbocycles. The van der Waals surface area contributed by atoms with Crippen LogP contribution in [0.4, 0.5) is 30.2 Å². The highest BCUT2D eigenvalue weighted by Crippen LogP contribution is 2.34. The lowest BCUT2D eigenvalue weighted by Gasteiger charge is -2.14. The molecule has 138 valence electrons. The molecule has 0 aliphatic heterocycles. The normalized spacial score (nSPS) is 10.9. The van der Waals surface area contributed by atoms with Gasteiger partial charge in [-0.05, 0) is 30.3 Å². The van der Waals surface area contributed by atoms with Crippen molar-refractivity contribution in [2.24, 2.45) is 0 Å². The zero-order chi connectivity index (χ0) is 19.2. The van der Waals surface area contributed by atoms with Crippen molar-refractivity contribution in [2.45, 2.75) is 19.5 Å². The van der Waals surface area contributed by atoms with Crippen molar-refractivity contribution >= 4 is 28.9 Å². The molecule has 2 aromatic carbocycles. The molecule has 0 atom stereocenters. The molecule has 8 heteroatoms. The Balaban J connectivity index is 1.90. The van der Waals surface area contributed by atoms with Gasteiger partial charge in [0.25, 0.3) is 0 Å². The molecule has 2 rings (SSSR count). The van der Waals surface area contributed by atoms with Crippen LogP contribution in [-0.2, 0) is 15.8 Å². The van der Waals surface area contributed by atoms with Gasteiger partial charge in [-0.2, -0.15) is 13.2 Å². The zero-order valence-electron chi connectivity index (χ0n) is 14.0. The lowest BCUT2D eigenvalue weighted by Crippen LogP contribution is -2.18. The maximum Gasteiger partial charge on any atom is 0.418 e. The average molecular weight is 365 g/mol. The van der Waals surface area contributed by atoms with Gasteiger partial charge < -0.3 is 16.0 Å². The number of rotatable bonds is 6. The Labute approximate surface area is 148 Å². The minimum absolute atomic E-state index is 0.0173. The van der Waals surface area contributed by atoms with Gasteiger partial charge in [0.1, 0.15) is 0 Å². The highest BCUT2D eigenvalue weighted by Gasteiger charge is 2.32.